The van der Waals surface area contributed by atoms with Crippen molar-refractivity contribution < 1.29 is 18.3 Å². The Morgan fingerprint density at radius 2 is 2.29 bits per heavy atom. The van der Waals surface area contributed by atoms with Crippen LogP contribution in [0.2, 0.25) is 0 Å². The summed E-state index contributed by atoms with van der Waals surface area (Å²) in [5.74, 6) is 0.371. The van der Waals surface area contributed by atoms with Crippen LogP contribution in [0, 0.1) is 0 Å². The molecule has 0 saturated heterocycles. The zero-order valence-corrected chi connectivity index (χ0v) is 11.2. The van der Waals surface area contributed by atoms with E-state index in [0.29, 0.717) is 5.82 Å². The van der Waals surface area contributed by atoms with Gasteiger partial charge >= 0.3 is 6.61 Å². The Hall–Kier alpha value is -2.44. The molecule has 0 saturated carbocycles. The van der Waals surface area contributed by atoms with E-state index in [4.69, 9.17) is 0 Å². The van der Waals surface area contributed by atoms with Gasteiger partial charge in [0.1, 0.15) is 11.6 Å². The highest BCUT2D eigenvalue weighted by atomic mass is 19.3. The van der Waals surface area contributed by atoms with E-state index < -0.39 is 6.61 Å². The molecule has 2 heterocycles. The van der Waals surface area contributed by atoms with Gasteiger partial charge in [-0.05, 0) is 17.7 Å². The fourth-order valence-corrected chi connectivity index (χ4v) is 2.55. The number of hydrogen-bond acceptors (Lipinski definition) is 3. The maximum absolute atomic E-state index is 12.3. The molecule has 1 aromatic carbocycles. The van der Waals surface area contributed by atoms with Crippen molar-refractivity contribution in [2.45, 2.75) is 19.0 Å². The smallest absolute Gasteiger partial charge is 0.387 e. The number of hydrogen-bond donors (Lipinski definition) is 1. The fourth-order valence-electron chi connectivity index (χ4n) is 2.55. The molecule has 110 valence electrons. The number of fused-ring (bicyclic) bond motifs is 1. The summed E-state index contributed by atoms with van der Waals surface area (Å²) in [5, 5.41) is 6.89. The first-order valence-electron chi connectivity index (χ1n) is 6.41. The Balaban J connectivity index is 1.98. The lowest BCUT2D eigenvalue weighted by Crippen LogP contribution is -2.24. The van der Waals surface area contributed by atoms with Crippen molar-refractivity contribution in [3.8, 4) is 5.75 Å². The number of ether oxygens (including phenoxy) is 1. The van der Waals surface area contributed by atoms with Crippen LogP contribution in [-0.2, 0) is 11.8 Å². The summed E-state index contributed by atoms with van der Waals surface area (Å²) in [6.07, 6.45) is 1.93. The van der Waals surface area contributed by atoms with Gasteiger partial charge in [0, 0.05) is 24.9 Å². The monoisotopic (exact) mass is 293 g/mol. The molecule has 7 heteroatoms. The van der Waals surface area contributed by atoms with Crippen LogP contribution in [0.4, 0.5) is 14.6 Å². The average Bonchev–Trinajstić information content (AvgIpc) is 2.79. The first kappa shape index (κ1) is 13.5. The number of aryl methyl sites for hydroxylation is 1. The molecule has 0 spiro atoms. The van der Waals surface area contributed by atoms with E-state index in [1.807, 2.05) is 0 Å². The molecule has 1 amide bonds. The lowest BCUT2D eigenvalue weighted by molar-refractivity contribution is -0.116. The Bertz CT molecular complexity index is 685. The third-order valence-corrected chi connectivity index (χ3v) is 3.48. The predicted octanol–water partition coefficient (Wildman–Crippen LogP) is 2.50. The molecule has 1 N–H and O–H groups in total. The van der Waals surface area contributed by atoms with Gasteiger partial charge in [-0.1, -0.05) is 12.1 Å². The lowest BCUT2D eigenvalue weighted by Gasteiger charge is -2.23. The van der Waals surface area contributed by atoms with Crippen LogP contribution in [0.25, 0.3) is 0 Å². The summed E-state index contributed by atoms with van der Waals surface area (Å²) in [5.41, 5.74) is 1.61. The molecule has 5 nitrogen and oxygen atoms in total. The molecule has 1 aliphatic rings. The third kappa shape index (κ3) is 2.58. The molecule has 0 aliphatic carbocycles. The van der Waals surface area contributed by atoms with Crippen LogP contribution in [0.1, 0.15) is 23.5 Å². The largest absolute Gasteiger partial charge is 0.435 e. The summed E-state index contributed by atoms with van der Waals surface area (Å²) in [6, 6.07) is 6.42. The Labute approximate surface area is 119 Å². The topological polar surface area (TPSA) is 56.2 Å². The van der Waals surface area contributed by atoms with Crippen LogP contribution >= 0.6 is 0 Å². The van der Waals surface area contributed by atoms with Crippen molar-refractivity contribution in [3.63, 3.8) is 0 Å². The molecule has 0 bridgehead atoms. The second kappa shape index (κ2) is 5.16. The minimum atomic E-state index is -2.87. The Morgan fingerprint density at radius 3 is 3.05 bits per heavy atom. The van der Waals surface area contributed by atoms with Gasteiger partial charge in [-0.25, -0.2) is 0 Å². The summed E-state index contributed by atoms with van der Waals surface area (Å²) >= 11 is 0. The second-order valence-electron chi connectivity index (χ2n) is 4.83. The zero-order valence-electron chi connectivity index (χ0n) is 11.2. The maximum Gasteiger partial charge on any atom is 0.387 e. The number of carbonyl (C=O) groups is 1. The van der Waals surface area contributed by atoms with E-state index in [9.17, 15) is 13.6 Å². The van der Waals surface area contributed by atoms with Crippen molar-refractivity contribution in [2.75, 3.05) is 5.32 Å². The molecule has 1 atom stereocenters. The highest BCUT2D eigenvalue weighted by molar-refractivity contribution is 5.94. The number of amides is 1. The van der Waals surface area contributed by atoms with Crippen LogP contribution in [0.5, 0.6) is 5.75 Å². The van der Waals surface area contributed by atoms with E-state index in [2.05, 4.69) is 15.2 Å². The number of rotatable bonds is 3. The van der Waals surface area contributed by atoms with Gasteiger partial charge in [-0.3, -0.25) is 9.48 Å². The molecule has 21 heavy (non-hydrogen) atoms. The molecule has 0 radical (unpaired) electrons. The molecule has 1 unspecified atom stereocenters. The fraction of sp³-hybridized carbons (Fsp3) is 0.286. The predicted molar refractivity (Wildman–Crippen MR) is 71.4 cm³/mol. The molecule has 1 aliphatic heterocycles. The first-order valence-corrected chi connectivity index (χ1v) is 6.41. The molecule has 1 aromatic heterocycles. The second-order valence-corrected chi connectivity index (χ2v) is 4.83. The highest BCUT2D eigenvalue weighted by Gasteiger charge is 2.29. The van der Waals surface area contributed by atoms with Gasteiger partial charge < -0.3 is 10.1 Å². The molecular weight excluding hydrogens is 280 g/mol. The molecular formula is C14H13F2N3O2. The first-order chi connectivity index (χ1) is 10.0. The van der Waals surface area contributed by atoms with Gasteiger partial charge in [0.05, 0.1) is 6.20 Å². The number of nitrogens with one attached hydrogen (secondary N) is 1. The van der Waals surface area contributed by atoms with E-state index >= 15 is 0 Å². The van der Waals surface area contributed by atoms with Crippen molar-refractivity contribution in [3.05, 3.63) is 41.6 Å². The number of anilines is 1. The van der Waals surface area contributed by atoms with E-state index in [-0.39, 0.29) is 24.0 Å². The van der Waals surface area contributed by atoms with Crippen molar-refractivity contribution >= 4 is 11.7 Å². The summed E-state index contributed by atoms with van der Waals surface area (Å²) < 4.78 is 30.6. The number of benzene rings is 1. The summed E-state index contributed by atoms with van der Waals surface area (Å²) in [4.78, 5) is 11.8. The van der Waals surface area contributed by atoms with Crippen LogP contribution in [0.15, 0.2) is 30.5 Å². The number of nitrogens with zero attached hydrogens (tertiary/aromatic N) is 2. The lowest BCUT2D eigenvalue weighted by atomic mass is 9.87. The molecule has 3 rings (SSSR count). The van der Waals surface area contributed by atoms with Crippen LogP contribution < -0.4 is 10.1 Å². The summed E-state index contributed by atoms with van der Waals surface area (Å²) in [6.45, 7) is -2.87. The van der Waals surface area contributed by atoms with E-state index in [1.165, 1.54) is 12.1 Å². The van der Waals surface area contributed by atoms with Crippen molar-refractivity contribution in [2.24, 2.45) is 7.05 Å². The van der Waals surface area contributed by atoms with Gasteiger partial charge in [0.15, 0.2) is 0 Å². The van der Waals surface area contributed by atoms with Gasteiger partial charge in [-0.15, -0.1) is 0 Å². The quantitative estimate of drug-likeness (QED) is 0.946. The Kier molecular flexibility index (Phi) is 3.32. The molecule has 0 fully saturated rings. The maximum atomic E-state index is 12.3. The van der Waals surface area contributed by atoms with Crippen LogP contribution in [0.3, 0.4) is 0 Å². The highest BCUT2D eigenvalue weighted by Crippen LogP contribution is 2.37. The van der Waals surface area contributed by atoms with Crippen molar-refractivity contribution in [1.82, 2.24) is 9.78 Å². The number of alkyl halides is 2. The third-order valence-electron chi connectivity index (χ3n) is 3.48. The molecule has 2 aromatic rings. The van der Waals surface area contributed by atoms with Gasteiger partial charge in [-0.2, -0.15) is 13.9 Å². The normalized spacial score (nSPS) is 17.5. The minimum Gasteiger partial charge on any atom is -0.435 e. The van der Waals surface area contributed by atoms with Crippen LogP contribution in [-0.4, -0.2) is 22.3 Å². The number of carbonyl (C=O) groups excluding carboxylic acids is 1. The average molecular weight is 293 g/mol. The SMILES string of the molecule is Cn1ncc2c1NC(=O)CC2c1cccc(OC(F)F)c1. The standard InChI is InChI=1S/C14H13F2N3O2/c1-19-13-11(7-17-19)10(6-12(20)18-13)8-3-2-4-9(5-8)21-14(15)16/h2-5,7,10,14H,6H2,1H3,(H,18,20). The number of halogens is 2. The van der Waals surface area contributed by atoms with Gasteiger partial charge in [0.2, 0.25) is 5.91 Å². The van der Waals surface area contributed by atoms with E-state index in [0.717, 1.165) is 11.1 Å². The van der Waals surface area contributed by atoms with Crippen molar-refractivity contribution in [1.29, 1.82) is 0 Å². The van der Waals surface area contributed by atoms with Gasteiger partial charge in [0.25, 0.3) is 0 Å². The number of aromatic nitrogens is 2. The van der Waals surface area contributed by atoms with E-state index in [1.54, 1.807) is 30.1 Å². The zero-order chi connectivity index (χ0) is 15.0. The summed E-state index contributed by atoms with van der Waals surface area (Å²) in [7, 11) is 1.73. The Morgan fingerprint density at radius 1 is 1.48 bits per heavy atom. The minimum absolute atomic E-state index is 0.0823.